The number of fused-ring (bicyclic) bond motifs is 1. The first-order chi connectivity index (χ1) is 10.7. The number of aromatic nitrogens is 1. The van der Waals surface area contributed by atoms with Gasteiger partial charge in [0.1, 0.15) is 0 Å². The third kappa shape index (κ3) is 4.07. The molecule has 0 unspecified atom stereocenters. The molecule has 0 aliphatic carbocycles. The van der Waals surface area contributed by atoms with E-state index in [1.807, 2.05) is 13.8 Å². The monoisotopic (exact) mass is 355 g/mol. The maximum absolute atomic E-state index is 12.4. The molecule has 0 radical (unpaired) electrons. The number of carbonyl (C=O) groups excluding carboxylic acids is 1. The normalized spacial score (nSPS) is 12.3. The predicted octanol–water partition coefficient (Wildman–Crippen LogP) is 2.92. The van der Waals surface area contributed by atoms with Gasteiger partial charge in [-0.15, -0.1) is 0 Å². The Labute approximate surface area is 140 Å². The van der Waals surface area contributed by atoms with Gasteiger partial charge in [0.05, 0.1) is 15.1 Å². The summed E-state index contributed by atoms with van der Waals surface area (Å²) < 4.78 is 26.7. The maximum Gasteiger partial charge on any atom is 0.242 e. The van der Waals surface area contributed by atoms with E-state index in [0.717, 1.165) is 4.70 Å². The Bertz CT molecular complexity index is 812. The fourth-order valence-corrected chi connectivity index (χ4v) is 4.21. The van der Waals surface area contributed by atoms with Gasteiger partial charge in [0, 0.05) is 20.0 Å². The van der Waals surface area contributed by atoms with Crippen molar-refractivity contribution in [3.63, 3.8) is 0 Å². The molecule has 0 aliphatic rings. The minimum absolute atomic E-state index is 0.0855. The van der Waals surface area contributed by atoms with E-state index in [2.05, 4.69) is 10.3 Å². The summed E-state index contributed by atoms with van der Waals surface area (Å²) in [6.07, 6.45) is 0.427. The SMILES string of the molecule is CCN(C)S(=O)(=O)c1ccc2nc(NC(=O)CC(C)C)sc2c1. The Morgan fingerprint density at radius 2 is 2.09 bits per heavy atom. The van der Waals surface area contributed by atoms with Crippen LogP contribution in [0.5, 0.6) is 0 Å². The molecular weight excluding hydrogens is 334 g/mol. The van der Waals surface area contributed by atoms with E-state index in [1.165, 1.54) is 15.6 Å². The lowest BCUT2D eigenvalue weighted by molar-refractivity contribution is -0.116. The number of sulfonamides is 1. The van der Waals surface area contributed by atoms with Crippen molar-refractivity contribution in [2.75, 3.05) is 18.9 Å². The van der Waals surface area contributed by atoms with E-state index < -0.39 is 10.0 Å². The van der Waals surface area contributed by atoms with E-state index in [4.69, 9.17) is 0 Å². The van der Waals surface area contributed by atoms with Crippen molar-refractivity contribution < 1.29 is 13.2 Å². The number of hydrogen-bond donors (Lipinski definition) is 1. The maximum atomic E-state index is 12.4. The molecule has 1 aromatic carbocycles. The fraction of sp³-hybridized carbons (Fsp3) is 0.467. The second kappa shape index (κ2) is 6.94. The number of carbonyl (C=O) groups is 1. The number of anilines is 1. The number of amides is 1. The molecule has 1 amide bonds. The van der Waals surface area contributed by atoms with Gasteiger partial charge in [-0.3, -0.25) is 4.79 Å². The molecule has 23 heavy (non-hydrogen) atoms. The molecular formula is C15H21N3O3S2. The molecule has 2 rings (SSSR count). The van der Waals surface area contributed by atoms with E-state index in [1.54, 1.807) is 32.2 Å². The van der Waals surface area contributed by atoms with E-state index in [9.17, 15) is 13.2 Å². The van der Waals surface area contributed by atoms with Crippen molar-refractivity contribution in [3.05, 3.63) is 18.2 Å². The Balaban J connectivity index is 2.30. The van der Waals surface area contributed by atoms with E-state index in [-0.39, 0.29) is 16.7 Å². The van der Waals surface area contributed by atoms with Gasteiger partial charge >= 0.3 is 0 Å². The number of nitrogens with one attached hydrogen (secondary N) is 1. The standard InChI is InChI=1S/C15H21N3O3S2/c1-5-18(4)23(20,21)11-6-7-12-13(9-11)22-15(16-12)17-14(19)8-10(2)3/h6-7,9-10H,5,8H2,1-4H3,(H,16,17,19). The summed E-state index contributed by atoms with van der Waals surface area (Å²) >= 11 is 1.28. The second-order valence-electron chi connectivity index (χ2n) is 5.71. The quantitative estimate of drug-likeness (QED) is 0.864. The van der Waals surface area contributed by atoms with Crippen LogP contribution in [0.15, 0.2) is 23.1 Å². The lowest BCUT2D eigenvalue weighted by atomic mass is 10.1. The number of hydrogen-bond acceptors (Lipinski definition) is 5. The second-order valence-corrected chi connectivity index (χ2v) is 8.79. The van der Waals surface area contributed by atoms with Crippen molar-refractivity contribution in [2.24, 2.45) is 5.92 Å². The zero-order valence-electron chi connectivity index (χ0n) is 13.7. The van der Waals surface area contributed by atoms with E-state index in [0.29, 0.717) is 23.6 Å². The zero-order chi connectivity index (χ0) is 17.2. The van der Waals surface area contributed by atoms with Gasteiger partial charge in [0.15, 0.2) is 5.13 Å². The molecule has 1 aromatic heterocycles. The van der Waals surface area contributed by atoms with Crippen LogP contribution in [-0.2, 0) is 14.8 Å². The molecule has 0 fully saturated rings. The molecule has 126 valence electrons. The van der Waals surface area contributed by atoms with Gasteiger partial charge in [-0.1, -0.05) is 32.1 Å². The lowest BCUT2D eigenvalue weighted by Gasteiger charge is -2.14. The Morgan fingerprint density at radius 1 is 1.39 bits per heavy atom. The first kappa shape index (κ1) is 17.8. The van der Waals surface area contributed by atoms with Crippen LogP contribution in [-0.4, -0.2) is 37.2 Å². The average Bonchev–Trinajstić information content (AvgIpc) is 2.86. The van der Waals surface area contributed by atoms with Crippen LogP contribution >= 0.6 is 11.3 Å². The first-order valence-electron chi connectivity index (χ1n) is 7.40. The lowest BCUT2D eigenvalue weighted by Crippen LogP contribution is -2.26. The Kier molecular flexibility index (Phi) is 5.38. The molecule has 0 spiro atoms. The third-order valence-electron chi connectivity index (χ3n) is 3.35. The van der Waals surface area contributed by atoms with Gasteiger partial charge in [-0.05, 0) is 24.1 Å². The summed E-state index contributed by atoms with van der Waals surface area (Å²) in [5.74, 6) is 0.184. The van der Waals surface area contributed by atoms with Crippen molar-refractivity contribution in [1.29, 1.82) is 0 Å². The minimum atomic E-state index is -3.49. The van der Waals surface area contributed by atoms with Crippen LogP contribution < -0.4 is 5.32 Å². The Morgan fingerprint density at radius 3 is 2.70 bits per heavy atom. The highest BCUT2D eigenvalue weighted by Gasteiger charge is 2.20. The summed E-state index contributed by atoms with van der Waals surface area (Å²) in [4.78, 5) is 16.4. The summed E-state index contributed by atoms with van der Waals surface area (Å²) in [5, 5.41) is 3.25. The molecule has 0 aliphatic heterocycles. The summed E-state index contributed by atoms with van der Waals surface area (Å²) in [6.45, 7) is 6.13. The van der Waals surface area contributed by atoms with Gasteiger partial charge < -0.3 is 5.32 Å². The van der Waals surface area contributed by atoms with Crippen LogP contribution in [0.2, 0.25) is 0 Å². The van der Waals surface area contributed by atoms with Gasteiger partial charge in [0.2, 0.25) is 15.9 Å². The van der Waals surface area contributed by atoms with Crippen LogP contribution in [0.1, 0.15) is 27.2 Å². The zero-order valence-corrected chi connectivity index (χ0v) is 15.3. The van der Waals surface area contributed by atoms with Gasteiger partial charge in [0.25, 0.3) is 0 Å². The highest BCUT2D eigenvalue weighted by atomic mass is 32.2. The molecule has 2 aromatic rings. The van der Waals surface area contributed by atoms with Crippen molar-refractivity contribution in [2.45, 2.75) is 32.1 Å². The number of nitrogens with zero attached hydrogens (tertiary/aromatic N) is 2. The number of thiazole rings is 1. The largest absolute Gasteiger partial charge is 0.302 e. The third-order valence-corrected chi connectivity index (χ3v) is 6.22. The Hall–Kier alpha value is -1.51. The molecule has 0 saturated carbocycles. The van der Waals surface area contributed by atoms with Crippen molar-refractivity contribution in [1.82, 2.24) is 9.29 Å². The molecule has 8 heteroatoms. The fourth-order valence-electron chi connectivity index (χ4n) is 2.01. The molecule has 1 heterocycles. The molecule has 0 atom stereocenters. The highest BCUT2D eigenvalue weighted by Crippen LogP contribution is 2.29. The molecule has 6 nitrogen and oxygen atoms in total. The first-order valence-corrected chi connectivity index (χ1v) is 9.66. The van der Waals surface area contributed by atoms with Crippen LogP contribution in [0.25, 0.3) is 10.2 Å². The van der Waals surface area contributed by atoms with Crippen LogP contribution in [0.3, 0.4) is 0 Å². The van der Waals surface area contributed by atoms with E-state index >= 15 is 0 Å². The van der Waals surface area contributed by atoms with Crippen molar-refractivity contribution in [3.8, 4) is 0 Å². The minimum Gasteiger partial charge on any atom is -0.302 e. The van der Waals surface area contributed by atoms with Crippen LogP contribution in [0, 0.1) is 5.92 Å². The predicted molar refractivity (Wildman–Crippen MR) is 93.2 cm³/mol. The molecule has 1 N–H and O–H groups in total. The highest BCUT2D eigenvalue weighted by molar-refractivity contribution is 7.89. The molecule has 0 saturated heterocycles. The van der Waals surface area contributed by atoms with Gasteiger partial charge in [-0.25, -0.2) is 17.7 Å². The number of rotatable bonds is 6. The van der Waals surface area contributed by atoms with Crippen molar-refractivity contribution >= 4 is 42.6 Å². The average molecular weight is 355 g/mol. The van der Waals surface area contributed by atoms with Gasteiger partial charge in [-0.2, -0.15) is 0 Å². The summed E-state index contributed by atoms with van der Waals surface area (Å²) in [5.41, 5.74) is 0.674. The number of benzene rings is 1. The smallest absolute Gasteiger partial charge is 0.242 e. The summed E-state index contributed by atoms with van der Waals surface area (Å²) in [6, 6.07) is 4.82. The summed E-state index contributed by atoms with van der Waals surface area (Å²) in [7, 11) is -1.94. The van der Waals surface area contributed by atoms with Crippen LogP contribution in [0.4, 0.5) is 5.13 Å². The topological polar surface area (TPSA) is 79.4 Å². The molecule has 0 bridgehead atoms.